The van der Waals surface area contributed by atoms with Gasteiger partial charge in [-0.15, -0.1) is 0 Å². The van der Waals surface area contributed by atoms with E-state index in [-0.39, 0.29) is 0 Å². The fourth-order valence-electron chi connectivity index (χ4n) is 1.64. The second kappa shape index (κ2) is 5.44. The molecular weight excluding hydrogens is 325 g/mol. The van der Waals surface area contributed by atoms with E-state index in [0.717, 1.165) is 33.5 Å². The summed E-state index contributed by atoms with van der Waals surface area (Å²) in [5, 5.41) is 0. The second-order valence-electron chi connectivity index (χ2n) is 3.80. The predicted octanol–water partition coefficient (Wildman–Crippen LogP) is 3.28. The number of rotatable bonds is 3. The summed E-state index contributed by atoms with van der Waals surface area (Å²) in [4.78, 5) is 8.90. The normalized spacial score (nSPS) is 10.5. The van der Waals surface area contributed by atoms with Gasteiger partial charge in [0.05, 0.1) is 9.26 Å². The highest BCUT2D eigenvalue weighted by molar-refractivity contribution is 14.1. The molecule has 2 N–H and O–H groups in total. The molecule has 1 aromatic carbocycles. The predicted molar refractivity (Wildman–Crippen MR) is 78.6 cm³/mol. The number of nitrogens with zero attached hydrogens (tertiary/aromatic N) is 2. The molecule has 0 aliphatic heterocycles. The molecular formula is C13H14IN3. The molecule has 3 nitrogen and oxygen atoms in total. The number of nitrogens with two attached hydrogens (primary N) is 1. The van der Waals surface area contributed by atoms with Gasteiger partial charge in [-0.3, -0.25) is 0 Å². The molecule has 17 heavy (non-hydrogen) atoms. The lowest BCUT2D eigenvalue weighted by Gasteiger charge is -2.08. The Morgan fingerprint density at radius 2 is 1.88 bits per heavy atom. The molecule has 4 heteroatoms. The van der Waals surface area contributed by atoms with Crippen LogP contribution in [0.5, 0.6) is 0 Å². The van der Waals surface area contributed by atoms with Gasteiger partial charge in [0.2, 0.25) is 0 Å². The van der Waals surface area contributed by atoms with E-state index in [1.54, 1.807) is 0 Å². The first kappa shape index (κ1) is 12.3. The monoisotopic (exact) mass is 339 g/mol. The molecule has 2 aromatic rings. The van der Waals surface area contributed by atoms with Crippen molar-refractivity contribution in [3.05, 3.63) is 39.7 Å². The van der Waals surface area contributed by atoms with Gasteiger partial charge in [-0.05, 0) is 29.0 Å². The number of benzene rings is 1. The average Bonchev–Trinajstić information content (AvgIpc) is 2.35. The number of halogens is 1. The molecule has 0 spiro atoms. The van der Waals surface area contributed by atoms with E-state index in [2.05, 4.69) is 39.5 Å². The summed E-state index contributed by atoms with van der Waals surface area (Å²) in [6, 6.07) is 10.1. The van der Waals surface area contributed by atoms with Crippen molar-refractivity contribution in [2.24, 2.45) is 0 Å². The highest BCUT2D eigenvalue weighted by Crippen LogP contribution is 2.26. The molecule has 0 aliphatic rings. The van der Waals surface area contributed by atoms with Crippen molar-refractivity contribution in [2.75, 3.05) is 5.73 Å². The van der Waals surface area contributed by atoms with Crippen LogP contribution >= 0.6 is 22.6 Å². The molecule has 0 saturated heterocycles. The molecule has 88 valence electrons. The number of hydrogen-bond donors (Lipinski definition) is 1. The zero-order valence-electron chi connectivity index (χ0n) is 9.65. The first-order valence-electron chi connectivity index (χ1n) is 5.59. The summed E-state index contributed by atoms with van der Waals surface area (Å²) in [6.07, 6.45) is 1.88. The first-order valence-corrected chi connectivity index (χ1v) is 6.67. The number of nitrogen functional groups attached to an aromatic ring is 1. The largest absolute Gasteiger partial charge is 0.383 e. The van der Waals surface area contributed by atoms with Crippen LogP contribution in [0.2, 0.25) is 0 Å². The minimum Gasteiger partial charge on any atom is -0.383 e. The lowest BCUT2D eigenvalue weighted by atomic mass is 10.1. The van der Waals surface area contributed by atoms with Gasteiger partial charge in [-0.2, -0.15) is 0 Å². The van der Waals surface area contributed by atoms with E-state index in [1.165, 1.54) is 0 Å². The molecule has 0 fully saturated rings. The molecule has 2 rings (SSSR count). The Balaban J connectivity index is 2.53. The van der Waals surface area contributed by atoms with Crippen LogP contribution in [0.1, 0.15) is 19.2 Å². The molecule has 0 radical (unpaired) electrons. The van der Waals surface area contributed by atoms with Crippen LogP contribution < -0.4 is 5.73 Å². The summed E-state index contributed by atoms with van der Waals surface area (Å²) in [7, 11) is 0. The molecule has 0 saturated carbocycles. The lowest BCUT2D eigenvalue weighted by molar-refractivity contribution is 0.837. The Hall–Kier alpha value is -1.17. The minimum atomic E-state index is 0.572. The zero-order valence-corrected chi connectivity index (χ0v) is 11.8. The summed E-state index contributed by atoms with van der Waals surface area (Å²) in [6.45, 7) is 2.11. The Kier molecular flexibility index (Phi) is 3.93. The third kappa shape index (κ3) is 2.74. The van der Waals surface area contributed by atoms with Crippen LogP contribution in [-0.2, 0) is 6.42 Å². The minimum absolute atomic E-state index is 0.572. The quantitative estimate of drug-likeness (QED) is 0.873. The number of anilines is 1. The van der Waals surface area contributed by atoms with Crippen LogP contribution in [0.3, 0.4) is 0 Å². The van der Waals surface area contributed by atoms with Gasteiger partial charge < -0.3 is 5.73 Å². The number of aryl methyl sites for hydroxylation is 1. The molecule has 0 bridgehead atoms. The third-order valence-corrected chi connectivity index (χ3v) is 3.51. The third-order valence-electron chi connectivity index (χ3n) is 2.44. The van der Waals surface area contributed by atoms with Crippen LogP contribution in [-0.4, -0.2) is 9.97 Å². The highest BCUT2D eigenvalue weighted by atomic mass is 127. The van der Waals surface area contributed by atoms with E-state index in [4.69, 9.17) is 5.73 Å². The van der Waals surface area contributed by atoms with Crippen molar-refractivity contribution in [3.63, 3.8) is 0 Å². The van der Waals surface area contributed by atoms with Crippen LogP contribution in [0.25, 0.3) is 11.3 Å². The van der Waals surface area contributed by atoms with Gasteiger partial charge in [-0.25, -0.2) is 9.97 Å². The maximum atomic E-state index is 5.93. The number of hydrogen-bond acceptors (Lipinski definition) is 3. The smallest absolute Gasteiger partial charge is 0.141 e. The summed E-state index contributed by atoms with van der Waals surface area (Å²) in [5.41, 5.74) is 7.95. The summed E-state index contributed by atoms with van der Waals surface area (Å²) < 4.78 is 0.925. The topological polar surface area (TPSA) is 51.8 Å². The van der Waals surface area contributed by atoms with E-state index >= 15 is 0 Å². The fraction of sp³-hybridized carbons (Fsp3) is 0.231. The van der Waals surface area contributed by atoms with E-state index in [0.29, 0.717) is 5.82 Å². The maximum Gasteiger partial charge on any atom is 0.141 e. The van der Waals surface area contributed by atoms with Gasteiger partial charge >= 0.3 is 0 Å². The van der Waals surface area contributed by atoms with E-state index in [9.17, 15) is 0 Å². The summed E-state index contributed by atoms with van der Waals surface area (Å²) in [5.74, 6) is 1.40. The molecule has 0 amide bonds. The van der Waals surface area contributed by atoms with Crippen LogP contribution in [0.15, 0.2) is 30.3 Å². The van der Waals surface area contributed by atoms with E-state index < -0.39 is 0 Å². The maximum absolute atomic E-state index is 5.93. The standard InChI is InChI=1S/C13H14IN3/c1-2-6-10-16-12(11(14)13(15)17-10)9-7-4-3-5-8-9/h3-5,7-8H,2,6H2,1H3,(H2,15,16,17). The summed E-state index contributed by atoms with van der Waals surface area (Å²) >= 11 is 2.20. The van der Waals surface area contributed by atoms with Crippen molar-refractivity contribution in [1.82, 2.24) is 9.97 Å². The van der Waals surface area contributed by atoms with Crippen LogP contribution in [0.4, 0.5) is 5.82 Å². The average molecular weight is 339 g/mol. The Morgan fingerprint density at radius 1 is 1.18 bits per heavy atom. The Labute approximate surface area is 115 Å². The second-order valence-corrected chi connectivity index (χ2v) is 4.88. The molecule has 0 atom stereocenters. The van der Waals surface area contributed by atoms with Crippen molar-refractivity contribution in [3.8, 4) is 11.3 Å². The molecule has 0 unspecified atom stereocenters. The van der Waals surface area contributed by atoms with Crippen molar-refractivity contribution in [2.45, 2.75) is 19.8 Å². The van der Waals surface area contributed by atoms with Crippen LogP contribution in [0, 0.1) is 3.57 Å². The first-order chi connectivity index (χ1) is 8.22. The van der Waals surface area contributed by atoms with Gasteiger partial charge in [-0.1, -0.05) is 37.3 Å². The molecule has 1 heterocycles. The van der Waals surface area contributed by atoms with Gasteiger partial charge in [0.25, 0.3) is 0 Å². The molecule has 0 aliphatic carbocycles. The molecule has 1 aromatic heterocycles. The van der Waals surface area contributed by atoms with Crippen molar-refractivity contribution in [1.29, 1.82) is 0 Å². The SMILES string of the molecule is CCCc1nc(N)c(I)c(-c2ccccc2)n1. The fourth-order valence-corrected chi connectivity index (χ4v) is 2.19. The Morgan fingerprint density at radius 3 is 2.53 bits per heavy atom. The highest BCUT2D eigenvalue weighted by Gasteiger charge is 2.11. The number of aromatic nitrogens is 2. The van der Waals surface area contributed by atoms with Crippen molar-refractivity contribution < 1.29 is 0 Å². The van der Waals surface area contributed by atoms with E-state index in [1.807, 2.05) is 30.3 Å². The van der Waals surface area contributed by atoms with Gasteiger partial charge in [0.1, 0.15) is 11.6 Å². The Bertz CT molecular complexity index is 512. The van der Waals surface area contributed by atoms with Gasteiger partial charge in [0.15, 0.2) is 0 Å². The van der Waals surface area contributed by atoms with Crippen molar-refractivity contribution >= 4 is 28.4 Å². The van der Waals surface area contributed by atoms with Gasteiger partial charge in [0, 0.05) is 12.0 Å². The lowest BCUT2D eigenvalue weighted by Crippen LogP contribution is -2.04. The zero-order chi connectivity index (χ0) is 12.3.